The summed E-state index contributed by atoms with van der Waals surface area (Å²) in [5, 5.41) is 6.81. The molecule has 0 aliphatic heterocycles. The minimum absolute atomic E-state index is 0.343. The number of para-hydroxylation sites is 1. The number of thiocarbonyl (C=S) groups is 1. The fourth-order valence-electron chi connectivity index (χ4n) is 1.55. The minimum Gasteiger partial charge on any atom is -0.358 e. The van der Waals surface area contributed by atoms with Gasteiger partial charge < -0.3 is 10.6 Å². The van der Waals surface area contributed by atoms with E-state index in [1.807, 2.05) is 24.3 Å². The van der Waals surface area contributed by atoms with Gasteiger partial charge in [0.1, 0.15) is 5.82 Å². The van der Waals surface area contributed by atoms with Crippen LogP contribution in [0.1, 0.15) is 5.56 Å². The summed E-state index contributed by atoms with van der Waals surface area (Å²) in [5.41, 5.74) is 1.28. The van der Waals surface area contributed by atoms with Crippen LogP contribution in [0.15, 0.2) is 48.5 Å². The van der Waals surface area contributed by atoms with Gasteiger partial charge in [0.2, 0.25) is 0 Å². The third kappa shape index (κ3) is 3.91. The Hall–Kier alpha value is -1.65. The molecule has 0 radical (unpaired) electrons. The van der Waals surface area contributed by atoms with Crippen molar-refractivity contribution in [2.75, 3.05) is 5.32 Å². The van der Waals surface area contributed by atoms with Crippen LogP contribution < -0.4 is 10.6 Å². The van der Waals surface area contributed by atoms with Crippen LogP contribution in [0.25, 0.3) is 0 Å². The smallest absolute Gasteiger partial charge is 0.171 e. The van der Waals surface area contributed by atoms with E-state index in [0.717, 1.165) is 5.56 Å². The Labute approximate surface area is 121 Å². The van der Waals surface area contributed by atoms with E-state index in [1.165, 1.54) is 6.07 Å². The zero-order chi connectivity index (χ0) is 13.7. The molecule has 19 heavy (non-hydrogen) atoms. The molecule has 5 heteroatoms. The normalized spacial score (nSPS) is 10.0. The molecule has 0 amide bonds. The number of hydrogen-bond donors (Lipinski definition) is 2. The molecule has 2 aromatic rings. The van der Waals surface area contributed by atoms with Crippen molar-refractivity contribution >= 4 is 34.6 Å². The van der Waals surface area contributed by atoms with Crippen LogP contribution in [-0.4, -0.2) is 5.11 Å². The lowest BCUT2D eigenvalue weighted by Crippen LogP contribution is -2.28. The topological polar surface area (TPSA) is 24.1 Å². The zero-order valence-corrected chi connectivity index (χ0v) is 11.6. The van der Waals surface area contributed by atoms with E-state index < -0.39 is 0 Å². The van der Waals surface area contributed by atoms with Gasteiger partial charge in [-0.05, 0) is 36.0 Å². The van der Waals surface area contributed by atoms with Crippen molar-refractivity contribution in [3.8, 4) is 0 Å². The molecule has 98 valence electrons. The van der Waals surface area contributed by atoms with Crippen LogP contribution >= 0.6 is 23.8 Å². The molecule has 0 unspecified atom stereocenters. The maximum absolute atomic E-state index is 13.4. The van der Waals surface area contributed by atoms with Crippen molar-refractivity contribution in [1.29, 1.82) is 0 Å². The molecule has 0 atom stereocenters. The molecular formula is C14H12ClFN2S. The van der Waals surface area contributed by atoms with Crippen LogP contribution in [-0.2, 0) is 6.54 Å². The second-order valence-electron chi connectivity index (χ2n) is 3.88. The summed E-state index contributed by atoms with van der Waals surface area (Å²) >= 11 is 11.1. The number of anilines is 1. The lowest BCUT2D eigenvalue weighted by Gasteiger charge is -2.11. The molecule has 2 rings (SSSR count). The maximum Gasteiger partial charge on any atom is 0.171 e. The monoisotopic (exact) mass is 294 g/mol. The third-order valence-corrected chi connectivity index (χ3v) is 3.13. The molecule has 0 saturated heterocycles. The van der Waals surface area contributed by atoms with E-state index in [1.54, 1.807) is 18.2 Å². The highest BCUT2D eigenvalue weighted by molar-refractivity contribution is 7.80. The van der Waals surface area contributed by atoms with E-state index >= 15 is 0 Å². The molecule has 0 heterocycles. The van der Waals surface area contributed by atoms with E-state index in [2.05, 4.69) is 10.6 Å². The molecule has 0 fully saturated rings. The molecule has 0 aliphatic carbocycles. The SMILES string of the molecule is Fc1ccccc1NC(=S)NCc1ccccc1Cl. The summed E-state index contributed by atoms with van der Waals surface area (Å²) in [6.45, 7) is 0.486. The number of rotatable bonds is 3. The van der Waals surface area contributed by atoms with Crippen LogP contribution in [0.5, 0.6) is 0 Å². The van der Waals surface area contributed by atoms with Crippen LogP contribution in [0.2, 0.25) is 5.02 Å². The summed E-state index contributed by atoms with van der Waals surface area (Å²) in [6, 6.07) is 13.8. The largest absolute Gasteiger partial charge is 0.358 e. The molecule has 0 aromatic heterocycles. The van der Waals surface area contributed by atoms with Crippen molar-refractivity contribution in [3.05, 3.63) is 64.9 Å². The van der Waals surface area contributed by atoms with E-state index in [-0.39, 0.29) is 5.82 Å². The van der Waals surface area contributed by atoms with Gasteiger partial charge in [-0.15, -0.1) is 0 Å². The standard InChI is InChI=1S/C14H12ClFN2S/c15-11-6-2-1-5-10(11)9-17-14(19)18-13-8-4-3-7-12(13)16/h1-8H,9H2,(H2,17,18,19). The van der Waals surface area contributed by atoms with E-state index in [0.29, 0.717) is 22.4 Å². The third-order valence-electron chi connectivity index (χ3n) is 2.52. The first-order chi connectivity index (χ1) is 9.16. The van der Waals surface area contributed by atoms with E-state index in [9.17, 15) is 4.39 Å². The van der Waals surface area contributed by atoms with Gasteiger partial charge in [-0.3, -0.25) is 0 Å². The number of halogens is 2. The van der Waals surface area contributed by atoms with Crippen molar-refractivity contribution < 1.29 is 4.39 Å². The zero-order valence-electron chi connectivity index (χ0n) is 9.99. The Balaban J connectivity index is 1.92. The Bertz CT molecular complexity index is 589. The Kier molecular flexibility index (Phi) is 4.71. The molecule has 0 spiro atoms. The van der Waals surface area contributed by atoms with Gasteiger partial charge >= 0.3 is 0 Å². The van der Waals surface area contributed by atoms with Crippen LogP contribution in [0, 0.1) is 5.82 Å². The molecule has 0 saturated carbocycles. The van der Waals surface area contributed by atoms with Crippen molar-refractivity contribution in [2.24, 2.45) is 0 Å². The van der Waals surface area contributed by atoms with Gasteiger partial charge in [0.05, 0.1) is 5.69 Å². The average molecular weight is 295 g/mol. The Morgan fingerprint density at radius 2 is 1.79 bits per heavy atom. The number of hydrogen-bond acceptors (Lipinski definition) is 1. The highest BCUT2D eigenvalue weighted by Gasteiger charge is 2.03. The van der Waals surface area contributed by atoms with Gasteiger partial charge in [0.15, 0.2) is 5.11 Å². The lowest BCUT2D eigenvalue weighted by molar-refractivity contribution is 0.632. The molecule has 2 nitrogen and oxygen atoms in total. The Morgan fingerprint density at radius 3 is 2.53 bits per heavy atom. The second-order valence-corrected chi connectivity index (χ2v) is 4.69. The van der Waals surface area contributed by atoms with Gasteiger partial charge in [0.25, 0.3) is 0 Å². The quantitative estimate of drug-likeness (QED) is 0.838. The lowest BCUT2D eigenvalue weighted by atomic mass is 10.2. The summed E-state index contributed by atoms with van der Waals surface area (Å²) in [4.78, 5) is 0. The highest BCUT2D eigenvalue weighted by Crippen LogP contribution is 2.15. The molecular weight excluding hydrogens is 283 g/mol. The van der Waals surface area contributed by atoms with Gasteiger partial charge in [-0.1, -0.05) is 41.9 Å². The highest BCUT2D eigenvalue weighted by atomic mass is 35.5. The summed E-state index contributed by atoms with van der Waals surface area (Å²) in [5.74, 6) is -0.343. The second kappa shape index (κ2) is 6.50. The van der Waals surface area contributed by atoms with Gasteiger partial charge in [-0.25, -0.2) is 4.39 Å². The van der Waals surface area contributed by atoms with Crippen molar-refractivity contribution in [3.63, 3.8) is 0 Å². The molecule has 0 bridgehead atoms. The van der Waals surface area contributed by atoms with Gasteiger partial charge in [-0.2, -0.15) is 0 Å². The summed E-state index contributed by atoms with van der Waals surface area (Å²) < 4.78 is 13.4. The van der Waals surface area contributed by atoms with Crippen molar-refractivity contribution in [1.82, 2.24) is 5.32 Å². The van der Waals surface area contributed by atoms with Crippen molar-refractivity contribution in [2.45, 2.75) is 6.54 Å². The first-order valence-corrected chi connectivity index (χ1v) is 6.48. The fourth-order valence-corrected chi connectivity index (χ4v) is 1.93. The first kappa shape index (κ1) is 13.8. The van der Waals surface area contributed by atoms with Gasteiger partial charge in [0, 0.05) is 11.6 Å². The Morgan fingerprint density at radius 1 is 1.11 bits per heavy atom. The van der Waals surface area contributed by atoms with Crippen LogP contribution in [0.3, 0.4) is 0 Å². The maximum atomic E-state index is 13.4. The van der Waals surface area contributed by atoms with E-state index in [4.69, 9.17) is 23.8 Å². The molecule has 0 aliphatic rings. The summed E-state index contributed by atoms with van der Waals surface area (Å²) in [6.07, 6.45) is 0. The van der Waals surface area contributed by atoms with Crippen LogP contribution in [0.4, 0.5) is 10.1 Å². The summed E-state index contributed by atoms with van der Waals surface area (Å²) in [7, 11) is 0. The first-order valence-electron chi connectivity index (χ1n) is 5.69. The molecule has 2 N–H and O–H groups in total. The number of benzene rings is 2. The fraction of sp³-hybridized carbons (Fsp3) is 0.0714. The minimum atomic E-state index is -0.343. The number of nitrogens with one attached hydrogen (secondary N) is 2. The predicted molar refractivity (Wildman–Crippen MR) is 80.9 cm³/mol. The predicted octanol–water partition coefficient (Wildman–Crippen LogP) is 3.97. The molecule has 2 aromatic carbocycles. The average Bonchev–Trinajstić information content (AvgIpc) is 2.40.